The van der Waals surface area contributed by atoms with Gasteiger partial charge < -0.3 is 5.11 Å². The Hall–Kier alpha value is -4.53. The molecule has 1 N–H and O–H groups in total. The summed E-state index contributed by atoms with van der Waals surface area (Å²) in [6, 6.07) is 17.2. The summed E-state index contributed by atoms with van der Waals surface area (Å²) >= 11 is 6.07. The molecule has 8 nitrogen and oxygen atoms in total. The van der Waals surface area contributed by atoms with Crippen molar-refractivity contribution in [3.8, 4) is 28.3 Å². The minimum Gasteiger partial charge on any atom is -0.388 e. The molecular formula is C26H16ClF3N6O2. The van der Waals surface area contributed by atoms with Gasteiger partial charge in [0.2, 0.25) is 0 Å². The number of benzene rings is 2. The van der Waals surface area contributed by atoms with Gasteiger partial charge in [-0.2, -0.15) is 18.4 Å². The first-order valence-electron chi connectivity index (χ1n) is 11.1. The van der Waals surface area contributed by atoms with Gasteiger partial charge in [0.05, 0.1) is 35.0 Å². The highest BCUT2D eigenvalue weighted by molar-refractivity contribution is 6.30. The molecule has 2 aromatic carbocycles. The Bertz CT molecular complexity index is 1740. The van der Waals surface area contributed by atoms with E-state index in [1.165, 1.54) is 15.3 Å². The molecule has 0 unspecified atom stereocenters. The zero-order valence-corrected chi connectivity index (χ0v) is 20.1. The van der Waals surface area contributed by atoms with Crippen molar-refractivity contribution in [1.29, 1.82) is 5.26 Å². The first-order chi connectivity index (χ1) is 18.2. The van der Waals surface area contributed by atoms with Crippen LogP contribution < -0.4 is 5.56 Å². The molecule has 0 aliphatic rings. The summed E-state index contributed by atoms with van der Waals surface area (Å²) in [7, 11) is 0. The van der Waals surface area contributed by atoms with E-state index in [1.54, 1.807) is 48.5 Å². The van der Waals surface area contributed by atoms with Gasteiger partial charge in [0.25, 0.3) is 5.56 Å². The highest BCUT2D eigenvalue weighted by Gasteiger charge is 2.31. The maximum absolute atomic E-state index is 14.1. The Balaban J connectivity index is 1.80. The molecule has 12 heteroatoms. The Labute approximate surface area is 217 Å². The van der Waals surface area contributed by atoms with Crippen molar-refractivity contribution < 1.29 is 18.3 Å². The molecule has 0 amide bonds. The summed E-state index contributed by atoms with van der Waals surface area (Å²) in [5, 5.41) is 27.9. The molecule has 0 bridgehead atoms. The quantitative estimate of drug-likeness (QED) is 0.348. The zero-order valence-electron chi connectivity index (χ0n) is 19.3. The fraction of sp³-hybridized carbons (Fsp3) is 0.115. The van der Waals surface area contributed by atoms with Gasteiger partial charge in [-0.3, -0.25) is 9.78 Å². The van der Waals surface area contributed by atoms with Gasteiger partial charge in [0.15, 0.2) is 11.5 Å². The van der Waals surface area contributed by atoms with Gasteiger partial charge in [0, 0.05) is 16.8 Å². The second-order valence-electron chi connectivity index (χ2n) is 8.25. The lowest BCUT2D eigenvalue weighted by atomic mass is 9.96. The van der Waals surface area contributed by atoms with E-state index in [2.05, 4.69) is 15.2 Å². The van der Waals surface area contributed by atoms with Crippen molar-refractivity contribution in [3.63, 3.8) is 0 Å². The summed E-state index contributed by atoms with van der Waals surface area (Å²) < 4.78 is 41.6. The van der Waals surface area contributed by atoms with Crippen molar-refractivity contribution in [2.24, 2.45) is 0 Å². The van der Waals surface area contributed by atoms with Gasteiger partial charge in [-0.15, -0.1) is 10.2 Å². The number of nitriles is 1. The van der Waals surface area contributed by atoms with Crippen molar-refractivity contribution in [2.45, 2.75) is 19.3 Å². The Morgan fingerprint density at radius 3 is 2.18 bits per heavy atom. The molecular weight excluding hydrogens is 521 g/mol. The fourth-order valence-electron chi connectivity index (χ4n) is 4.11. The van der Waals surface area contributed by atoms with Gasteiger partial charge in [-0.1, -0.05) is 35.9 Å². The van der Waals surface area contributed by atoms with Crippen molar-refractivity contribution in [3.05, 3.63) is 105 Å². The number of fused-ring (bicyclic) bond motifs is 1. The predicted molar refractivity (Wildman–Crippen MR) is 132 cm³/mol. The lowest BCUT2D eigenvalue weighted by Crippen LogP contribution is -2.30. The third-order valence-electron chi connectivity index (χ3n) is 5.91. The minimum absolute atomic E-state index is 0.0431. The maximum atomic E-state index is 14.1. The largest absolute Gasteiger partial charge is 0.417 e. The van der Waals surface area contributed by atoms with Crippen LogP contribution in [0, 0.1) is 11.3 Å². The molecule has 38 heavy (non-hydrogen) atoms. The van der Waals surface area contributed by atoms with Crippen molar-refractivity contribution in [2.75, 3.05) is 0 Å². The topological polar surface area (TPSA) is 109 Å². The number of hydrogen-bond donors (Lipinski definition) is 1. The number of hydrogen-bond acceptors (Lipinski definition) is 6. The molecule has 0 radical (unpaired) electrons. The molecule has 0 atom stereocenters. The normalized spacial score (nSPS) is 11.6. The van der Waals surface area contributed by atoms with E-state index in [1.807, 2.05) is 6.07 Å². The Morgan fingerprint density at radius 1 is 0.947 bits per heavy atom. The van der Waals surface area contributed by atoms with E-state index in [4.69, 9.17) is 11.6 Å². The van der Waals surface area contributed by atoms with E-state index >= 15 is 0 Å². The highest BCUT2D eigenvalue weighted by Crippen LogP contribution is 2.34. The summed E-state index contributed by atoms with van der Waals surface area (Å²) in [5.74, 6) is 0.0431. The monoisotopic (exact) mass is 536 g/mol. The summed E-state index contributed by atoms with van der Waals surface area (Å²) in [6.45, 7) is -0.791. The standard InChI is InChI=1S/C26H16ClF3N6O2/c27-19-8-5-17(6-9-19)23-22(16-3-1-15(11-31)2-4-16)24-34-33-21(14-37)36(24)35(25(23)38)13-20-10-7-18(12-32-20)26(28,29)30/h1-10,12,37H,13-14H2. The summed E-state index contributed by atoms with van der Waals surface area (Å²) in [6.07, 6.45) is -3.86. The highest BCUT2D eigenvalue weighted by atomic mass is 35.5. The molecule has 5 aromatic rings. The number of pyridine rings is 1. The van der Waals surface area contributed by atoms with Crippen molar-refractivity contribution >= 4 is 17.2 Å². The van der Waals surface area contributed by atoms with Crippen LogP contribution in [0.15, 0.2) is 71.7 Å². The second kappa shape index (κ2) is 9.74. The number of alkyl halides is 3. The van der Waals surface area contributed by atoms with Crippen LogP contribution in [0.25, 0.3) is 27.9 Å². The number of aromatic nitrogens is 5. The van der Waals surface area contributed by atoms with E-state index < -0.39 is 23.9 Å². The molecule has 0 saturated heterocycles. The minimum atomic E-state index is -4.56. The average molecular weight is 537 g/mol. The van der Waals surface area contributed by atoms with Crippen LogP contribution in [0.1, 0.15) is 22.6 Å². The number of aliphatic hydroxyl groups is 1. The van der Waals surface area contributed by atoms with Crippen LogP contribution in [-0.4, -0.2) is 29.5 Å². The van der Waals surface area contributed by atoms with Gasteiger partial charge in [0.1, 0.15) is 6.61 Å². The van der Waals surface area contributed by atoms with E-state index in [0.717, 1.165) is 6.07 Å². The molecule has 190 valence electrons. The van der Waals surface area contributed by atoms with Crippen LogP contribution in [0.3, 0.4) is 0 Å². The molecule has 5 rings (SSSR count). The molecule has 3 heterocycles. The van der Waals surface area contributed by atoms with Crippen LogP contribution >= 0.6 is 11.6 Å². The molecule has 0 aliphatic heterocycles. The van der Waals surface area contributed by atoms with E-state index in [9.17, 15) is 28.3 Å². The summed E-state index contributed by atoms with van der Waals surface area (Å²) in [4.78, 5) is 18.0. The smallest absolute Gasteiger partial charge is 0.388 e. The van der Waals surface area contributed by atoms with Crippen LogP contribution in [-0.2, 0) is 19.3 Å². The Morgan fingerprint density at radius 2 is 1.61 bits per heavy atom. The number of halogens is 4. The number of rotatable bonds is 5. The SMILES string of the molecule is N#Cc1ccc(-c2c(-c3ccc(Cl)cc3)c(=O)n(Cc3ccc(C(F)(F)F)cn3)n3c(CO)nnc23)cc1. The van der Waals surface area contributed by atoms with Crippen LogP contribution in [0.4, 0.5) is 13.2 Å². The first kappa shape index (κ1) is 25.1. The third kappa shape index (κ3) is 4.51. The lowest BCUT2D eigenvalue weighted by Gasteiger charge is -2.17. The van der Waals surface area contributed by atoms with Crippen molar-refractivity contribution in [1.82, 2.24) is 24.4 Å². The van der Waals surface area contributed by atoms with Gasteiger partial charge >= 0.3 is 6.18 Å². The maximum Gasteiger partial charge on any atom is 0.417 e. The van der Waals surface area contributed by atoms with Crippen LogP contribution in [0.2, 0.25) is 5.02 Å². The average Bonchev–Trinajstić information content (AvgIpc) is 3.34. The predicted octanol–water partition coefficient (Wildman–Crippen LogP) is 4.70. The molecule has 0 spiro atoms. The lowest BCUT2D eigenvalue weighted by molar-refractivity contribution is -0.137. The second-order valence-corrected chi connectivity index (χ2v) is 8.69. The zero-order chi connectivity index (χ0) is 27.0. The van der Waals surface area contributed by atoms with E-state index in [0.29, 0.717) is 33.5 Å². The van der Waals surface area contributed by atoms with Crippen LogP contribution in [0.5, 0.6) is 0 Å². The molecule has 0 aliphatic carbocycles. The first-order valence-corrected chi connectivity index (χ1v) is 11.5. The molecule has 0 fully saturated rings. The van der Waals surface area contributed by atoms with Gasteiger partial charge in [-0.25, -0.2) is 9.20 Å². The number of nitrogens with zero attached hydrogens (tertiary/aromatic N) is 6. The van der Waals surface area contributed by atoms with E-state index in [-0.39, 0.29) is 29.3 Å². The molecule has 0 saturated carbocycles. The summed E-state index contributed by atoms with van der Waals surface area (Å²) in [5.41, 5.74) is 1.04. The van der Waals surface area contributed by atoms with Gasteiger partial charge in [-0.05, 0) is 47.5 Å². The number of aliphatic hydroxyl groups excluding tert-OH is 1. The molecule has 3 aromatic heterocycles. The third-order valence-corrected chi connectivity index (χ3v) is 6.16. The fourth-order valence-corrected chi connectivity index (χ4v) is 4.24. The Kier molecular flexibility index (Phi) is 6.44.